The number of benzene rings is 1. The van der Waals surface area contributed by atoms with E-state index in [-0.39, 0.29) is 11.8 Å². The van der Waals surface area contributed by atoms with E-state index in [1.54, 1.807) is 12.1 Å². The Morgan fingerprint density at radius 1 is 1.22 bits per heavy atom. The van der Waals surface area contributed by atoms with Gasteiger partial charge >= 0.3 is 5.97 Å². The summed E-state index contributed by atoms with van der Waals surface area (Å²) in [6.07, 6.45) is 1.61. The minimum atomic E-state index is -0.571. The van der Waals surface area contributed by atoms with Crippen molar-refractivity contribution in [2.45, 2.75) is 39.2 Å². The van der Waals surface area contributed by atoms with Gasteiger partial charge in [-0.2, -0.15) is 0 Å². The van der Waals surface area contributed by atoms with Crippen LogP contribution in [0.1, 0.15) is 39.2 Å². The number of carbonyl (C=O) groups is 1. The van der Waals surface area contributed by atoms with Crippen LogP contribution in [0.3, 0.4) is 0 Å². The fourth-order valence-corrected chi connectivity index (χ4v) is 2.93. The number of rotatable bonds is 2. The van der Waals surface area contributed by atoms with Crippen LogP contribution in [0.5, 0.6) is 0 Å². The first-order chi connectivity index (χ1) is 8.43. The molecule has 18 heavy (non-hydrogen) atoms. The van der Waals surface area contributed by atoms with Gasteiger partial charge in [-0.25, -0.2) is 4.39 Å². The van der Waals surface area contributed by atoms with Crippen molar-refractivity contribution in [3.05, 3.63) is 35.6 Å². The van der Waals surface area contributed by atoms with Gasteiger partial charge in [-0.1, -0.05) is 26.0 Å². The Labute approximate surface area is 107 Å². The van der Waals surface area contributed by atoms with Gasteiger partial charge in [0.05, 0.1) is 0 Å². The molecule has 1 saturated carbocycles. The van der Waals surface area contributed by atoms with Crippen LogP contribution in [0.2, 0.25) is 0 Å². The zero-order valence-corrected chi connectivity index (χ0v) is 11.1. The topological polar surface area (TPSA) is 26.3 Å². The largest absolute Gasteiger partial charge is 0.454 e. The lowest BCUT2D eigenvalue weighted by molar-refractivity contribution is -0.158. The van der Waals surface area contributed by atoms with Gasteiger partial charge < -0.3 is 4.74 Å². The molecule has 1 aromatic rings. The predicted molar refractivity (Wildman–Crippen MR) is 67.4 cm³/mol. The van der Waals surface area contributed by atoms with Crippen LogP contribution in [-0.4, -0.2) is 5.97 Å². The Kier molecular flexibility index (Phi) is 3.42. The standard InChI is InChI=1S/C15H19FO2/c1-10-8-15(9-11(10)2,18-12(3)17)13-4-6-14(16)7-5-13/h4-7,10-11H,8-9H2,1-3H3. The van der Waals surface area contributed by atoms with Gasteiger partial charge in [-0.05, 0) is 42.4 Å². The average Bonchev–Trinajstić information content (AvgIpc) is 2.55. The molecule has 1 aromatic carbocycles. The SMILES string of the molecule is CC(=O)OC1(c2ccc(F)cc2)CC(C)C(C)C1. The molecule has 2 rings (SSSR count). The Morgan fingerprint density at radius 2 is 1.72 bits per heavy atom. The zero-order valence-electron chi connectivity index (χ0n) is 11.1. The van der Waals surface area contributed by atoms with Crippen molar-refractivity contribution in [1.29, 1.82) is 0 Å². The van der Waals surface area contributed by atoms with Gasteiger partial charge in [0, 0.05) is 6.92 Å². The Bertz CT molecular complexity index is 428. The molecule has 0 N–H and O–H groups in total. The molecular weight excluding hydrogens is 231 g/mol. The summed E-state index contributed by atoms with van der Waals surface area (Å²) in [6.45, 7) is 5.76. The molecular formula is C15H19FO2. The minimum absolute atomic E-state index is 0.268. The minimum Gasteiger partial charge on any atom is -0.454 e. The van der Waals surface area contributed by atoms with Gasteiger partial charge in [-0.15, -0.1) is 0 Å². The van der Waals surface area contributed by atoms with Crippen LogP contribution >= 0.6 is 0 Å². The van der Waals surface area contributed by atoms with Crippen LogP contribution < -0.4 is 0 Å². The summed E-state index contributed by atoms with van der Waals surface area (Å²) in [5.41, 5.74) is 0.327. The Hall–Kier alpha value is -1.38. The Morgan fingerprint density at radius 3 is 2.17 bits per heavy atom. The molecule has 0 amide bonds. The number of esters is 1. The van der Waals surface area contributed by atoms with E-state index in [0.717, 1.165) is 18.4 Å². The third-order valence-corrected chi connectivity index (χ3v) is 3.98. The summed E-state index contributed by atoms with van der Waals surface area (Å²) >= 11 is 0. The summed E-state index contributed by atoms with van der Waals surface area (Å²) < 4.78 is 18.6. The molecule has 2 nitrogen and oxygen atoms in total. The molecule has 0 heterocycles. The summed E-state index contributed by atoms with van der Waals surface area (Å²) in [5.74, 6) is 0.445. The lowest BCUT2D eigenvalue weighted by Gasteiger charge is -2.29. The highest BCUT2D eigenvalue weighted by Gasteiger charge is 2.45. The van der Waals surface area contributed by atoms with Crippen LogP contribution in [0.4, 0.5) is 4.39 Å². The van der Waals surface area contributed by atoms with E-state index in [9.17, 15) is 9.18 Å². The molecule has 1 fully saturated rings. The third-order valence-electron chi connectivity index (χ3n) is 3.98. The molecule has 3 heteroatoms. The normalized spacial score (nSPS) is 31.3. The fraction of sp³-hybridized carbons (Fsp3) is 0.533. The number of carbonyl (C=O) groups excluding carboxylic acids is 1. The number of hydrogen-bond donors (Lipinski definition) is 0. The molecule has 0 aliphatic heterocycles. The molecule has 0 saturated heterocycles. The van der Waals surface area contributed by atoms with Crippen LogP contribution in [-0.2, 0) is 15.1 Å². The van der Waals surface area contributed by atoms with Crippen molar-refractivity contribution in [3.63, 3.8) is 0 Å². The monoisotopic (exact) mass is 250 g/mol. The summed E-state index contributed by atoms with van der Waals surface area (Å²) in [4.78, 5) is 11.4. The molecule has 0 radical (unpaired) electrons. The van der Waals surface area contributed by atoms with Gasteiger partial charge in [-0.3, -0.25) is 4.79 Å². The predicted octanol–water partition coefficient (Wildman–Crippen LogP) is 3.65. The van der Waals surface area contributed by atoms with Crippen molar-refractivity contribution >= 4 is 5.97 Å². The molecule has 0 bridgehead atoms. The van der Waals surface area contributed by atoms with Gasteiger partial charge in [0.15, 0.2) is 0 Å². The van der Waals surface area contributed by atoms with E-state index in [1.807, 2.05) is 0 Å². The van der Waals surface area contributed by atoms with Crippen molar-refractivity contribution in [2.24, 2.45) is 11.8 Å². The summed E-state index contributed by atoms with van der Waals surface area (Å²) in [6, 6.07) is 6.30. The molecule has 1 aliphatic carbocycles. The number of halogens is 1. The maximum Gasteiger partial charge on any atom is 0.303 e. The molecule has 1 aliphatic rings. The van der Waals surface area contributed by atoms with Crippen LogP contribution in [0.25, 0.3) is 0 Å². The lowest BCUT2D eigenvalue weighted by Crippen LogP contribution is -2.29. The molecule has 0 aromatic heterocycles. The second-order valence-corrected chi connectivity index (χ2v) is 5.46. The molecule has 2 atom stereocenters. The maximum atomic E-state index is 13.0. The third kappa shape index (κ3) is 2.40. The van der Waals surface area contributed by atoms with E-state index < -0.39 is 5.60 Å². The average molecular weight is 250 g/mol. The second-order valence-electron chi connectivity index (χ2n) is 5.46. The number of hydrogen-bond acceptors (Lipinski definition) is 2. The smallest absolute Gasteiger partial charge is 0.303 e. The molecule has 0 spiro atoms. The highest BCUT2D eigenvalue weighted by Crippen LogP contribution is 2.48. The van der Waals surface area contributed by atoms with Gasteiger partial charge in [0.1, 0.15) is 11.4 Å². The second kappa shape index (κ2) is 4.71. The summed E-state index contributed by atoms with van der Waals surface area (Å²) in [5, 5.41) is 0. The lowest BCUT2D eigenvalue weighted by atomic mass is 9.90. The van der Waals surface area contributed by atoms with Crippen molar-refractivity contribution in [2.75, 3.05) is 0 Å². The van der Waals surface area contributed by atoms with E-state index in [0.29, 0.717) is 11.8 Å². The Balaban J connectivity index is 2.37. The quantitative estimate of drug-likeness (QED) is 0.749. The van der Waals surface area contributed by atoms with Gasteiger partial charge in [0.25, 0.3) is 0 Å². The first kappa shape index (κ1) is 13.1. The van der Waals surface area contributed by atoms with Gasteiger partial charge in [0.2, 0.25) is 0 Å². The fourth-order valence-electron chi connectivity index (χ4n) is 2.93. The first-order valence-electron chi connectivity index (χ1n) is 6.38. The molecule has 2 unspecified atom stereocenters. The van der Waals surface area contributed by atoms with E-state index in [4.69, 9.17) is 4.74 Å². The number of ether oxygens (including phenoxy) is 1. The zero-order chi connectivity index (χ0) is 13.3. The highest BCUT2D eigenvalue weighted by atomic mass is 19.1. The highest BCUT2D eigenvalue weighted by molar-refractivity contribution is 5.67. The van der Waals surface area contributed by atoms with E-state index in [1.165, 1.54) is 19.1 Å². The summed E-state index contributed by atoms with van der Waals surface area (Å²) in [7, 11) is 0. The van der Waals surface area contributed by atoms with Crippen molar-refractivity contribution in [1.82, 2.24) is 0 Å². The van der Waals surface area contributed by atoms with Crippen LogP contribution in [0, 0.1) is 17.7 Å². The molecule has 98 valence electrons. The first-order valence-corrected chi connectivity index (χ1v) is 6.38. The van der Waals surface area contributed by atoms with E-state index in [2.05, 4.69) is 13.8 Å². The maximum absolute atomic E-state index is 13.0. The van der Waals surface area contributed by atoms with E-state index >= 15 is 0 Å². The van der Waals surface area contributed by atoms with Crippen LogP contribution in [0.15, 0.2) is 24.3 Å². The van der Waals surface area contributed by atoms with Crippen molar-refractivity contribution in [3.8, 4) is 0 Å². The van der Waals surface area contributed by atoms with Crippen molar-refractivity contribution < 1.29 is 13.9 Å².